The number of benzene rings is 2. The second-order valence-electron chi connectivity index (χ2n) is 6.95. The van der Waals surface area contributed by atoms with Crippen LogP contribution in [0, 0.1) is 0 Å². The van der Waals surface area contributed by atoms with Crippen LogP contribution in [0.25, 0.3) is 20.4 Å². The van der Waals surface area contributed by atoms with Gasteiger partial charge in [-0.25, -0.2) is 9.97 Å². The second kappa shape index (κ2) is 7.81. The molecule has 0 spiro atoms. The number of rotatable bonds is 5. The van der Waals surface area contributed by atoms with Crippen molar-refractivity contribution in [2.45, 2.75) is 0 Å². The highest BCUT2D eigenvalue weighted by Gasteiger charge is 2.23. The fraction of sp³-hybridized carbons (Fsp3) is 0.333. The SMILES string of the molecule is COc1ccc2nc(N3CCN(c4nc5c(OC)ccc(OC)c5s4)CC3)sc2c1. The molecule has 156 valence electrons. The zero-order chi connectivity index (χ0) is 20.7. The normalized spacial score (nSPS) is 14.5. The van der Waals surface area contributed by atoms with Crippen molar-refractivity contribution in [2.75, 3.05) is 57.3 Å². The van der Waals surface area contributed by atoms with E-state index in [2.05, 4.69) is 15.9 Å². The molecule has 1 fully saturated rings. The van der Waals surface area contributed by atoms with E-state index in [1.165, 1.54) is 0 Å². The molecular weight excluding hydrogens is 420 g/mol. The van der Waals surface area contributed by atoms with Crippen LogP contribution in [0.15, 0.2) is 30.3 Å². The van der Waals surface area contributed by atoms with Gasteiger partial charge in [-0.1, -0.05) is 22.7 Å². The minimum atomic E-state index is 0.775. The number of thiazole rings is 2. The molecule has 30 heavy (non-hydrogen) atoms. The largest absolute Gasteiger partial charge is 0.497 e. The molecule has 5 rings (SSSR count). The molecule has 9 heteroatoms. The monoisotopic (exact) mass is 442 g/mol. The van der Waals surface area contributed by atoms with E-state index in [0.717, 1.165) is 74.1 Å². The molecular formula is C21H22N4O3S2. The van der Waals surface area contributed by atoms with Crippen LogP contribution in [0.4, 0.5) is 10.3 Å². The maximum Gasteiger partial charge on any atom is 0.186 e. The quantitative estimate of drug-likeness (QED) is 0.458. The number of fused-ring (bicyclic) bond motifs is 2. The molecule has 0 radical (unpaired) electrons. The molecule has 2 aromatic heterocycles. The molecule has 0 N–H and O–H groups in total. The van der Waals surface area contributed by atoms with Crippen molar-refractivity contribution < 1.29 is 14.2 Å². The Bertz CT molecular complexity index is 1160. The summed E-state index contributed by atoms with van der Waals surface area (Å²) in [6.07, 6.45) is 0. The van der Waals surface area contributed by atoms with E-state index in [9.17, 15) is 0 Å². The first-order valence-electron chi connectivity index (χ1n) is 9.66. The van der Waals surface area contributed by atoms with Gasteiger partial charge < -0.3 is 24.0 Å². The molecule has 7 nitrogen and oxygen atoms in total. The molecule has 0 unspecified atom stereocenters. The number of ether oxygens (including phenoxy) is 3. The van der Waals surface area contributed by atoms with Gasteiger partial charge in [0.2, 0.25) is 0 Å². The van der Waals surface area contributed by atoms with Crippen molar-refractivity contribution in [3.8, 4) is 17.2 Å². The topological polar surface area (TPSA) is 60.0 Å². The molecule has 1 saturated heterocycles. The van der Waals surface area contributed by atoms with Crippen molar-refractivity contribution >= 4 is 53.4 Å². The van der Waals surface area contributed by atoms with Gasteiger partial charge in [-0.3, -0.25) is 0 Å². The number of nitrogens with zero attached hydrogens (tertiary/aromatic N) is 4. The van der Waals surface area contributed by atoms with Gasteiger partial charge in [0.05, 0.1) is 31.5 Å². The van der Waals surface area contributed by atoms with E-state index in [0.29, 0.717) is 0 Å². The molecule has 0 amide bonds. The molecule has 3 heterocycles. The Morgan fingerprint density at radius 3 is 2.10 bits per heavy atom. The standard InChI is InChI=1S/C21H22N4O3S2/c1-26-13-4-5-14-17(12-13)29-20(22-14)24-8-10-25(11-9-24)21-23-18-15(27-2)6-7-16(28-3)19(18)30-21/h4-7,12H,8-11H2,1-3H3. The Morgan fingerprint density at radius 2 is 1.43 bits per heavy atom. The second-order valence-corrected chi connectivity index (χ2v) is 8.94. The molecule has 1 aliphatic heterocycles. The Labute approximate surface area is 182 Å². The smallest absolute Gasteiger partial charge is 0.186 e. The summed E-state index contributed by atoms with van der Waals surface area (Å²) in [6.45, 7) is 3.59. The van der Waals surface area contributed by atoms with Crippen LogP contribution < -0.4 is 24.0 Å². The van der Waals surface area contributed by atoms with Gasteiger partial charge in [-0.15, -0.1) is 0 Å². The predicted molar refractivity (Wildman–Crippen MR) is 123 cm³/mol. The average Bonchev–Trinajstić information content (AvgIpc) is 3.42. The van der Waals surface area contributed by atoms with Gasteiger partial charge >= 0.3 is 0 Å². The number of aromatic nitrogens is 2. The lowest BCUT2D eigenvalue weighted by Gasteiger charge is -2.34. The van der Waals surface area contributed by atoms with Crippen LogP contribution in [-0.4, -0.2) is 57.5 Å². The first-order valence-corrected chi connectivity index (χ1v) is 11.3. The molecule has 0 atom stereocenters. The zero-order valence-corrected chi connectivity index (χ0v) is 18.7. The minimum absolute atomic E-state index is 0.775. The summed E-state index contributed by atoms with van der Waals surface area (Å²) >= 11 is 3.37. The summed E-state index contributed by atoms with van der Waals surface area (Å²) in [5.41, 5.74) is 1.88. The molecule has 0 saturated carbocycles. The number of hydrogen-bond acceptors (Lipinski definition) is 9. The maximum atomic E-state index is 5.52. The lowest BCUT2D eigenvalue weighted by Crippen LogP contribution is -2.46. The van der Waals surface area contributed by atoms with Crippen molar-refractivity contribution in [3.05, 3.63) is 30.3 Å². The van der Waals surface area contributed by atoms with Gasteiger partial charge in [0.1, 0.15) is 27.5 Å². The van der Waals surface area contributed by atoms with Crippen LogP contribution in [0.5, 0.6) is 17.2 Å². The highest BCUT2D eigenvalue weighted by atomic mass is 32.1. The van der Waals surface area contributed by atoms with Crippen molar-refractivity contribution in [3.63, 3.8) is 0 Å². The molecule has 2 aromatic carbocycles. The highest BCUT2D eigenvalue weighted by molar-refractivity contribution is 7.22. The molecule has 0 bridgehead atoms. The summed E-state index contributed by atoms with van der Waals surface area (Å²) in [5.74, 6) is 2.47. The Kier molecular flexibility index (Phi) is 5.00. The van der Waals surface area contributed by atoms with Gasteiger partial charge in [-0.2, -0.15) is 0 Å². The first-order chi connectivity index (χ1) is 14.7. The third-order valence-electron chi connectivity index (χ3n) is 5.30. The summed E-state index contributed by atoms with van der Waals surface area (Å²) in [6, 6.07) is 9.87. The van der Waals surface area contributed by atoms with Crippen LogP contribution in [0.2, 0.25) is 0 Å². The van der Waals surface area contributed by atoms with Crippen LogP contribution >= 0.6 is 22.7 Å². The fourth-order valence-electron chi connectivity index (χ4n) is 3.65. The lowest BCUT2D eigenvalue weighted by atomic mass is 10.3. The van der Waals surface area contributed by atoms with Crippen molar-refractivity contribution in [1.82, 2.24) is 9.97 Å². The maximum absolute atomic E-state index is 5.52. The molecule has 4 aromatic rings. The summed E-state index contributed by atoms with van der Waals surface area (Å²) in [7, 11) is 5.05. The summed E-state index contributed by atoms with van der Waals surface area (Å²) < 4.78 is 18.5. The Hall–Kier alpha value is -2.78. The highest BCUT2D eigenvalue weighted by Crippen LogP contribution is 2.40. The van der Waals surface area contributed by atoms with E-state index in [1.807, 2.05) is 24.3 Å². The molecule has 0 aliphatic carbocycles. The van der Waals surface area contributed by atoms with Crippen molar-refractivity contribution in [1.29, 1.82) is 0 Å². The van der Waals surface area contributed by atoms with Crippen LogP contribution in [-0.2, 0) is 0 Å². The number of anilines is 2. The van der Waals surface area contributed by atoms with E-state index in [1.54, 1.807) is 44.0 Å². The Morgan fingerprint density at radius 1 is 0.767 bits per heavy atom. The number of hydrogen-bond donors (Lipinski definition) is 0. The van der Waals surface area contributed by atoms with E-state index in [-0.39, 0.29) is 0 Å². The average molecular weight is 443 g/mol. The molecule has 1 aliphatic rings. The Balaban J connectivity index is 1.36. The third kappa shape index (κ3) is 3.27. The van der Waals surface area contributed by atoms with Gasteiger partial charge in [0.25, 0.3) is 0 Å². The van der Waals surface area contributed by atoms with E-state index in [4.69, 9.17) is 24.2 Å². The predicted octanol–water partition coefficient (Wildman–Crippen LogP) is 4.26. The van der Waals surface area contributed by atoms with E-state index < -0.39 is 0 Å². The van der Waals surface area contributed by atoms with Gasteiger partial charge in [0.15, 0.2) is 10.3 Å². The van der Waals surface area contributed by atoms with Gasteiger partial charge in [0, 0.05) is 26.2 Å². The van der Waals surface area contributed by atoms with Gasteiger partial charge in [-0.05, 0) is 30.3 Å². The number of methoxy groups -OCH3 is 3. The van der Waals surface area contributed by atoms with Crippen LogP contribution in [0.1, 0.15) is 0 Å². The third-order valence-corrected chi connectivity index (χ3v) is 7.51. The zero-order valence-electron chi connectivity index (χ0n) is 17.0. The lowest BCUT2D eigenvalue weighted by molar-refractivity contribution is 0.410. The van der Waals surface area contributed by atoms with Crippen molar-refractivity contribution in [2.24, 2.45) is 0 Å². The first kappa shape index (κ1) is 19.2. The van der Waals surface area contributed by atoms with E-state index >= 15 is 0 Å². The van der Waals surface area contributed by atoms with Crippen LogP contribution in [0.3, 0.4) is 0 Å². The fourth-order valence-corrected chi connectivity index (χ4v) is 5.83. The summed E-state index contributed by atoms with van der Waals surface area (Å²) in [4.78, 5) is 14.4. The minimum Gasteiger partial charge on any atom is -0.497 e. The number of piperazine rings is 1. The summed E-state index contributed by atoms with van der Waals surface area (Å²) in [5, 5.41) is 2.06.